The number of aromatic nitrogens is 1. The zero-order valence-corrected chi connectivity index (χ0v) is 12.8. The molecular formula is C14H26N2S. The van der Waals surface area contributed by atoms with Gasteiger partial charge in [0.2, 0.25) is 0 Å². The normalized spacial score (nSPS) is 15.9. The highest BCUT2D eigenvalue weighted by Gasteiger charge is 2.19. The highest BCUT2D eigenvalue weighted by atomic mass is 32.1. The highest BCUT2D eigenvalue weighted by Crippen LogP contribution is 2.25. The Morgan fingerprint density at radius 3 is 2.47 bits per heavy atom. The summed E-state index contributed by atoms with van der Waals surface area (Å²) in [6, 6.07) is 0.557. The van der Waals surface area contributed by atoms with E-state index < -0.39 is 0 Å². The van der Waals surface area contributed by atoms with Crippen molar-refractivity contribution in [2.45, 2.75) is 59.4 Å². The predicted molar refractivity (Wildman–Crippen MR) is 76.8 cm³/mol. The van der Waals surface area contributed by atoms with Gasteiger partial charge < -0.3 is 5.32 Å². The van der Waals surface area contributed by atoms with Crippen molar-refractivity contribution in [3.63, 3.8) is 0 Å². The van der Waals surface area contributed by atoms with Gasteiger partial charge in [0.05, 0.1) is 10.7 Å². The van der Waals surface area contributed by atoms with Gasteiger partial charge in [-0.1, -0.05) is 34.6 Å². The van der Waals surface area contributed by atoms with Gasteiger partial charge >= 0.3 is 0 Å². The molecule has 17 heavy (non-hydrogen) atoms. The quantitative estimate of drug-likeness (QED) is 0.868. The lowest BCUT2D eigenvalue weighted by atomic mass is 9.93. The molecule has 0 fully saturated rings. The van der Waals surface area contributed by atoms with Gasteiger partial charge in [-0.25, -0.2) is 4.98 Å². The van der Waals surface area contributed by atoms with Gasteiger partial charge in [-0.3, -0.25) is 0 Å². The maximum absolute atomic E-state index is 4.75. The maximum atomic E-state index is 4.75. The number of hydrogen-bond acceptors (Lipinski definition) is 3. The summed E-state index contributed by atoms with van der Waals surface area (Å²) in [4.78, 5) is 4.75. The zero-order valence-electron chi connectivity index (χ0n) is 12.0. The molecule has 0 aliphatic rings. The smallest absolute Gasteiger partial charge is 0.0931 e. The van der Waals surface area contributed by atoms with Gasteiger partial charge in [-0.2, -0.15) is 0 Å². The van der Waals surface area contributed by atoms with Crippen molar-refractivity contribution in [1.29, 1.82) is 0 Å². The van der Waals surface area contributed by atoms with E-state index in [-0.39, 0.29) is 5.41 Å². The average Bonchev–Trinajstić information content (AvgIpc) is 2.66. The van der Waals surface area contributed by atoms with Crippen molar-refractivity contribution in [2.24, 2.45) is 5.92 Å². The monoisotopic (exact) mass is 254 g/mol. The van der Waals surface area contributed by atoms with Gasteiger partial charge in [0.1, 0.15) is 0 Å². The number of thiazole rings is 1. The van der Waals surface area contributed by atoms with Gasteiger partial charge in [-0.15, -0.1) is 11.3 Å². The van der Waals surface area contributed by atoms with E-state index in [0.717, 1.165) is 13.0 Å². The fourth-order valence-corrected chi connectivity index (χ4v) is 2.89. The Kier molecular flexibility index (Phi) is 5.14. The summed E-state index contributed by atoms with van der Waals surface area (Å²) in [5.74, 6) is 0.633. The fourth-order valence-electron chi connectivity index (χ4n) is 1.72. The van der Waals surface area contributed by atoms with Crippen LogP contribution in [0.15, 0.2) is 5.38 Å². The lowest BCUT2D eigenvalue weighted by Crippen LogP contribution is -2.32. The van der Waals surface area contributed by atoms with Crippen molar-refractivity contribution in [3.05, 3.63) is 16.1 Å². The van der Waals surface area contributed by atoms with E-state index in [1.54, 1.807) is 11.3 Å². The van der Waals surface area contributed by atoms with Crippen LogP contribution in [0.2, 0.25) is 0 Å². The lowest BCUT2D eigenvalue weighted by Gasteiger charge is -2.19. The Hall–Kier alpha value is -0.410. The molecule has 0 saturated carbocycles. The number of hydrogen-bond donors (Lipinski definition) is 1. The molecular weight excluding hydrogens is 228 g/mol. The Bertz CT molecular complexity index is 338. The molecule has 0 spiro atoms. The van der Waals surface area contributed by atoms with Crippen molar-refractivity contribution in [2.75, 3.05) is 6.54 Å². The summed E-state index contributed by atoms with van der Waals surface area (Å²) in [6.45, 7) is 14.4. The SMILES string of the molecule is CCNC(C)C(C)Cc1nc(C(C)(C)C)cs1. The third-order valence-corrected chi connectivity index (χ3v) is 4.07. The molecule has 0 radical (unpaired) electrons. The Morgan fingerprint density at radius 2 is 2.00 bits per heavy atom. The minimum absolute atomic E-state index is 0.172. The first-order chi connectivity index (χ1) is 7.84. The average molecular weight is 254 g/mol. The van der Waals surface area contributed by atoms with Crippen LogP contribution in [0.1, 0.15) is 52.2 Å². The summed E-state index contributed by atoms with van der Waals surface area (Å²) < 4.78 is 0. The van der Waals surface area contributed by atoms with Gasteiger partial charge in [0.15, 0.2) is 0 Å². The van der Waals surface area contributed by atoms with Crippen LogP contribution in [0.25, 0.3) is 0 Å². The molecule has 98 valence electrons. The van der Waals surface area contributed by atoms with Crippen molar-refractivity contribution < 1.29 is 0 Å². The summed E-state index contributed by atoms with van der Waals surface area (Å²) in [5, 5.41) is 6.96. The first-order valence-corrected chi connectivity index (χ1v) is 7.40. The second kappa shape index (κ2) is 5.96. The van der Waals surface area contributed by atoms with E-state index in [1.807, 2.05) is 0 Å². The zero-order chi connectivity index (χ0) is 13.1. The van der Waals surface area contributed by atoms with Crippen LogP contribution in [0, 0.1) is 5.92 Å². The van der Waals surface area contributed by atoms with Crippen molar-refractivity contribution in [3.8, 4) is 0 Å². The van der Waals surface area contributed by atoms with Gasteiger partial charge in [0, 0.05) is 23.3 Å². The van der Waals surface area contributed by atoms with Crippen LogP contribution in [0.5, 0.6) is 0 Å². The van der Waals surface area contributed by atoms with Gasteiger partial charge in [0.25, 0.3) is 0 Å². The molecule has 2 atom stereocenters. The molecule has 2 nitrogen and oxygen atoms in total. The van der Waals surface area contributed by atoms with Crippen molar-refractivity contribution in [1.82, 2.24) is 10.3 Å². The van der Waals surface area contributed by atoms with Crippen molar-refractivity contribution >= 4 is 11.3 Å². The Balaban J connectivity index is 2.60. The molecule has 0 aromatic carbocycles. The lowest BCUT2D eigenvalue weighted by molar-refractivity contribution is 0.405. The molecule has 1 aromatic heterocycles. The number of nitrogens with zero attached hydrogens (tertiary/aromatic N) is 1. The molecule has 3 heteroatoms. The molecule has 0 bridgehead atoms. The summed E-state index contributed by atoms with van der Waals surface area (Å²) >= 11 is 1.80. The minimum atomic E-state index is 0.172. The van der Waals surface area contributed by atoms with Crippen LogP contribution >= 0.6 is 11.3 Å². The third kappa shape index (κ3) is 4.40. The first-order valence-electron chi connectivity index (χ1n) is 6.52. The second-order valence-corrected chi connectivity index (χ2v) is 6.85. The second-order valence-electron chi connectivity index (χ2n) is 5.90. The Labute approximate surface area is 110 Å². The van der Waals surface area contributed by atoms with E-state index in [2.05, 4.69) is 52.2 Å². The molecule has 1 heterocycles. The third-order valence-electron chi connectivity index (χ3n) is 3.20. The summed E-state index contributed by atoms with van der Waals surface area (Å²) in [7, 11) is 0. The highest BCUT2D eigenvalue weighted by molar-refractivity contribution is 7.09. The summed E-state index contributed by atoms with van der Waals surface area (Å²) in [6.07, 6.45) is 1.08. The van der Waals surface area contributed by atoms with E-state index in [4.69, 9.17) is 4.98 Å². The standard InChI is InChI=1S/C14H26N2S/c1-7-15-11(3)10(2)8-13-16-12(9-17-13)14(4,5)6/h9-11,15H,7-8H2,1-6H3. The number of rotatable bonds is 5. The minimum Gasteiger partial charge on any atom is -0.314 e. The van der Waals surface area contributed by atoms with E-state index in [9.17, 15) is 0 Å². The van der Waals surface area contributed by atoms with Crippen LogP contribution < -0.4 is 5.32 Å². The van der Waals surface area contributed by atoms with Crippen LogP contribution in [0.4, 0.5) is 0 Å². The van der Waals surface area contributed by atoms with Gasteiger partial charge in [-0.05, 0) is 19.4 Å². The molecule has 0 saturated heterocycles. The largest absolute Gasteiger partial charge is 0.314 e. The number of nitrogens with one attached hydrogen (secondary N) is 1. The molecule has 2 unspecified atom stereocenters. The molecule has 1 rings (SSSR count). The van der Waals surface area contributed by atoms with Crippen LogP contribution in [0.3, 0.4) is 0 Å². The first kappa shape index (κ1) is 14.7. The molecule has 1 N–H and O–H groups in total. The van der Waals surface area contributed by atoms with E-state index >= 15 is 0 Å². The predicted octanol–water partition coefficient (Wildman–Crippen LogP) is 3.62. The fraction of sp³-hybridized carbons (Fsp3) is 0.786. The van der Waals surface area contributed by atoms with E-state index in [0.29, 0.717) is 12.0 Å². The van der Waals surface area contributed by atoms with E-state index in [1.165, 1.54) is 10.7 Å². The van der Waals surface area contributed by atoms with Crippen LogP contribution in [-0.4, -0.2) is 17.6 Å². The molecule has 0 aliphatic heterocycles. The maximum Gasteiger partial charge on any atom is 0.0931 e. The topological polar surface area (TPSA) is 24.9 Å². The molecule has 0 amide bonds. The summed E-state index contributed by atoms with van der Waals surface area (Å²) in [5.41, 5.74) is 1.39. The molecule has 1 aromatic rings. The van der Waals surface area contributed by atoms with Crippen LogP contribution in [-0.2, 0) is 11.8 Å². The molecule has 0 aliphatic carbocycles. The Morgan fingerprint density at radius 1 is 1.35 bits per heavy atom.